The van der Waals surface area contributed by atoms with E-state index in [-0.39, 0.29) is 5.56 Å². The van der Waals surface area contributed by atoms with Crippen LogP contribution >= 0.6 is 15.9 Å². The number of carboxylic acids is 1. The molecule has 3 rings (SSSR count). The minimum absolute atomic E-state index is 0.288. The third-order valence-corrected chi connectivity index (χ3v) is 5.58. The lowest BCUT2D eigenvalue weighted by Gasteiger charge is -2.16. The number of hydrogen-bond donors (Lipinski definition) is 2. The highest BCUT2D eigenvalue weighted by atomic mass is 79.9. The molecule has 3 aromatic rings. The van der Waals surface area contributed by atoms with Gasteiger partial charge in [0.05, 0.1) is 12.7 Å². The van der Waals surface area contributed by atoms with Crippen LogP contribution in [0.25, 0.3) is 0 Å². The Balaban J connectivity index is 1.75. The maximum atomic E-state index is 11.3. The van der Waals surface area contributed by atoms with Crippen LogP contribution in [0.1, 0.15) is 32.6 Å². The number of nitrogens with one attached hydrogen (secondary N) is 1. The molecule has 0 aliphatic rings. The van der Waals surface area contributed by atoms with Crippen LogP contribution in [-0.4, -0.2) is 18.2 Å². The summed E-state index contributed by atoms with van der Waals surface area (Å²) in [4.78, 5) is 11.3. The Hall–Kier alpha value is -2.99. The Morgan fingerprint density at radius 3 is 2.53 bits per heavy atom. The zero-order valence-electron chi connectivity index (χ0n) is 17.2. The Kier molecular flexibility index (Phi) is 7.00. The largest absolute Gasteiger partial charge is 0.493 e. The van der Waals surface area contributed by atoms with Crippen LogP contribution in [0, 0.1) is 13.8 Å². The van der Waals surface area contributed by atoms with Crippen molar-refractivity contribution in [1.29, 1.82) is 0 Å². The molecule has 0 heterocycles. The molecular weight excluding hydrogens is 446 g/mol. The lowest BCUT2D eigenvalue weighted by Crippen LogP contribution is -2.06. The van der Waals surface area contributed by atoms with E-state index in [4.69, 9.17) is 9.47 Å². The van der Waals surface area contributed by atoms with E-state index in [9.17, 15) is 9.90 Å². The quantitative estimate of drug-likeness (QED) is 0.425. The molecule has 0 amide bonds. The molecule has 0 unspecified atom stereocenters. The molecule has 0 aliphatic carbocycles. The number of rotatable bonds is 8. The van der Waals surface area contributed by atoms with E-state index in [1.54, 1.807) is 26.2 Å². The number of ether oxygens (including phenoxy) is 2. The van der Waals surface area contributed by atoms with Crippen molar-refractivity contribution < 1.29 is 19.4 Å². The van der Waals surface area contributed by atoms with Crippen molar-refractivity contribution in [1.82, 2.24) is 0 Å². The third-order valence-electron chi connectivity index (χ3n) is 4.84. The van der Waals surface area contributed by atoms with E-state index in [1.807, 2.05) is 30.3 Å². The van der Waals surface area contributed by atoms with Gasteiger partial charge in [-0.1, -0.05) is 51.8 Å². The van der Waals surface area contributed by atoms with E-state index >= 15 is 0 Å². The highest BCUT2D eigenvalue weighted by molar-refractivity contribution is 9.10. The van der Waals surface area contributed by atoms with Crippen molar-refractivity contribution in [2.75, 3.05) is 12.4 Å². The summed E-state index contributed by atoms with van der Waals surface area (Å²) in [5, 5.41) is 12.6. The fourth-order valence-corrected chi connectivity index (χ4v) is 3.66. The van der Waals surface area contributed by atoms with E-state index < -0.39 is 5.97 Å². The predicted molar refractivity (Wildman–Crippen MR) is 122 cm³/mol. The molecule has 6 heteroatoms. The summed E-state index contributed by atoms with van der Waals surface area (Å²) in [6.07, 6.45) is 0. The number of anilines is 1. The van der Waals surface area contributed by atoms with Crippen LogP contribution in [0.4, 0.5) is 5.69 Å². The van der Waals surface area contributed by atoms with Crippen LogP contribution in [0.2, 0.25) is 0 Å². The normalized spacial score (nSPS) is 10.5. The monoisotopic (exact) mass is 469 g/mol. The van der Waals surface area contributed by atoms with Crippen molar-refractivity contribution in [3.05, 3.63) is 86.9 Å². The molecule has 0 aliphatic heterocycles. The first-order valence-corrected chi connectivity index (χ1v) is 10.3. The highest BCUT2D eigenvalue weighted by Gasteiger charge is 2.13. The topological polar surface area (TPSA) is 67.8 Å². The first-order valence-electron chi connectivity index (χ1n) is 9.50. The SMILES string of the molecule is COc1cc(CNc2cccc(C(=O)O)c2C)c(Br)cc1OCc1cccc(C)c1. The fraction of sp³-hybridized carbons (Fsp3) is 0.208. The lowest BCUT2D eigenvalue weighted by molar-refractivity contribution is 0.0696. The van der Waals surface area contributed by atoms with Crippen LogP contribution in [0.3, 0.4) is 0 Å². The highest BCUT2D eigenvalue weighted by Crippen LogP contribution is 2.34. The minimum Gasteiger partial charge on any atom is -0.493 e. The van der Waals surface area contributed by atoms with E-state index in [2.05, 4.69) is 40.3 Å². The summed E-state index contributed by atoms with van der Waals surface area (Å²) in [5.74, 6) is 0.353. The van der Waals surface area contributed by atoms with Gasteiger partial charge in [0, 0.05) is 16.7 Å². The fourth-order valence-electron chi connectivity index (χ4n) is 3.20. The van der Waals surface area contributed by atoms with Gasteiger partial charge in [-0.3, -0.25) is 0 Å². The number of aromatic carboxylic acids is 1. The molecule has 3 aromatic carbocycles. The summed E-state index contributed by atoms with van der Waals surface area (Å²) in [5.41, 5.74) is 5.01. The molecule has 2 N–H and O–H groups in total. The van der Waals surface area contributed by atoms with E-state index in [0.29, 0.717) is 30.2 Å². The molecule has 0 atom stereocenters. The van der Waals surface area contributed by atoms with Gasteiger partial charge in [0.1, 0.15) is 6.61 Å². The average Bonchev–Trinajstić information content (AvgIpc) is 2.72. The zero-order chi connectivity index (χ0) is 21.7. The number of carbonyl (C=O) groups is 1. The summed E-state index contributed by atoms with van der Waals surface area (Å²) in [6.45, 7) is 4.79. The first kappa shape index (κ1) is 21.7. The van der Waals surface area contributed by atoms with Gasteiger partial charge in [-0.15, -0.1) is 0 Å². The lowest BCUT2D eigenvalue weighted by atomic mass is 10.1. The Morgan fingerprint density at radius 1 is 1.07 bits per heavy atom. The molecular formula is C24H24BrNO4. The van der Waals surface area contributed by atoms with Gasteiger partial charge in [-0.05, 0) is 54.8 Å². The number of halogens is 1. The molecule has 0 fully saturated rings. The van der Waals surface area contributed by atoms with Crippen molar-refractivity contribution in [3.8, 4) is 11.5 Å². The number of aryl methyl sites for hydroxylation is 1. The predicted octanol–water partition coefficient (Wildman–Crippen LogP) is 5.96. The number of benzene rings is 3. The summed E-state index contributed by atoms with van der Waals surface area (Å²) < 4.78 is 12.4. The van der Waals surface area contributed by atoms with E-state index in [0.717, 1.165) is 21.3 Å². The van der Waals surface area contributed by atoms with Gasteiger partial charge in [0.2, 0.25) is 0 Å². The van der Waals surface area contributed by atoms with Gasteiger partial charge >= 0.3 is 5.97 Å². The van der Waals surface area contributed by atoms with Crippen molar-refractivity contribution in [3.63, 3.8) is 0 Å². The maximum Gasteiger partial charge on any atom is 0.336 e. The molecule has 0 saturated heterocycles. The minimum atomic E-state index is -0.936. The van der Waals surface area contributed by atoms with Crippen LogP contribution < -0.4 is 14.8 Å². The summed E-state index contributed by atoms with van der Waals surface area (Å²) >= 11 is 3.61. The molecule has 0 aromatic heterocycles. The smallest absolute Gasteiger partial charge is 0.336 e. The second-order valence-electron chi connectivity index (χ2n) is 7.01. The average molecular weight is 470 g/mol. The second kappa shape index (κ2) is 9.67. The van der Waals surface area contributed by atoms with Crippen LogP contribution in [0.15, 0.2) is 59.1 Å². The standard InChI is InChI=1S/C24H24BrNO4/c1-15-6-4-7-17(10-15)14-30-23-12-20(25)18(11-22(23)29-3)13-26-21-9-5-8-19(16(21)2)24(27)28/h4-12,26H,13-14H2,1-3H3,(H,27,28). The zero-order valence-corrected chi connectivity index (χ0v) is 18.7. The number of methoxy groups -OCH3 is 1. The summed E-state index contributed by atoms with van der Waals surface area (Å²) in [7, 11) is 1.61. The van der Waals surface area contributed by atoms with Crippen molar-refractivity contribution in [2.24, 2.45) is 0 Å². The number of carboxylic acid groups (broad SMARTS) is 1. The van der Waals surface area contributed by atoms with Crippen molar-refractivity contribution >= 4 is 27.6 Å². The Labute approximate surface area is 184 Å². The van der Waals surface area contributed by atoms with Gasteiger partial charge in [-0.25, -0.2) is 4.79 Å². The van der Waals surface area contributed by atoms with Crippen molar-refractivity contribution in [2.45, 2.75) is 27.0 Å². The second-order valence-corrected chi connectivity index (χ2v) is 7.86. The number of hydrogen-bond acceptors (Lipinski definition) is 4. The molecule has 0 saturated carbocycles. The van der Waals surface area contributed by atoms with Crippen LogP contribution in [-0.2, 0) is 13.2 Å². The Morgan fingerprint density at radius 2 is 1.83 bits per heavy atom. The molecule has 30 heavy (non-hydrogen) atoms. The molecule has 0 radical (unpaired) electrons. The van der Waals surface area contributed by atoms with Gasteiger partial charge in [0.25, 0.3) is 0 Å². The Bertz CT molecular complexity index is 1070. The van der Waals surface area contributed by atoms with Gasteiger partial charge in [-0.2, -0.15) is 0 Å². The van der Waals surface area contributed by atoms with E-state index in [1.165, 1.54) is 5.56 Å². The molecule has 156 valence electrons. The van der Waals surface area contributed by atoms with Crippen LogP contribution in [0.5, 0.6) is 11.5 Å². The maximum absolute atomic E-state index is 11.3. The third kappa shape index (κ3) is 5.13. The first-order chi connectivity index (χ1) is 14.4. The van der Waals surface area contributed by atoms with Gasteiger partial charge in [0.15, 0.2) is 11.5 Å². The summed E-state index contributed by atoms with van der Waals surface area (Å²) in [6, 6.07) is 17.2. The molecule has 0 spiro atoms. The van der Waals surface area contributed by atoms with Gasteiger partial charge < -0.3 is 19.9 Å². The molecule has 0 bridgehead atoms. The molecule has 5 nitrogen and oxygen atoms in total.